The van der Waals surface area contributed by atoms with Gasteiger partial charge in [-0.1, -0.05) is 24.9 Å². The van der Waals surface area contributed by atoms with E-state index in [2.05, 4.69) is 32.6 Å². The van der Waals surface area contributed by atoms with Crippen LogP contribution in [0, 0.1) is 0 Å². The first-order valence-electron chi connectivity index (χ1n) is 6.57. The molecule has 2 heterocycles. The highest BCUT2D eigenvalue weighted by atomic mass is 35.5. The van der Waals surface area contributed by atoms with E-state index in [-0.39, 0.29) is 0 Å². The van der Waals surface area contributed by atoms with Crippen molar-refractivity contribution in [2.24, 2.45) is 0 Å². The van der Waals surface area contributed by atoms with Crippen molar-refractivity contribution in [3.05, 3.63) is 11.2 Å². The van der Waals surface area contributed by atoms with Gasteiger partial charge in [-0.05, 0) is 19.3 Å². The zero-order valence-electron chi connectivity index (χ0n) is 10.7. The SMILES string of the molecule is CCCNc1ncc(Cl)c(NN2CCCCC2)n1. The maximum atomic E-state index is 6.11. The number of nitrogens with zero attached hydrogens (tertiary/aromatic N) is 3. The summed E-state index contributed by atoms with van der Waals surface area (Å²) in [7, 11) is 0. The monoisotopic (exact) mass is 269 g/mol. The molecule has 2 rings (SSSR count). The molecule has 1 aromatic rings. The highest BCUT2D eigenvalue weighted by molar-refractivity contribution is 6.32. The minimum absolute atomic E-state index is 0.558. The summed E-state index contributed by atoms with van der Waals surface area (Å²) in [5.74, 6) is 1.31. The molecule has 1 fully saturated rings. The summed E-state index contributed by atoms with van der Waals surface area (Å²) in [6.07, 6.45) is 6.42. The van der Waals surface area contributed by atoms with Crippen LogP contribution in [0.4, 0.5) is 11.8 Å². The first-order valence-corrected chi connectivity index (χ1v) is 6.95. The Labute approximate surface area is 113 Å². The van der Waals surface area contributed by atoms with Crippen LogP contribution in [0.15, 0.2) is 6.20 Å². The van der Waals surface area contributed by atoms with E-state index in [1.807, 2.05) is 0 Å². The van der Waals surface area contributed by atoms with Gasteiger partial charge < -0.3 is 10.7 Å². The Bertz CT molecular complexity index is 379. The lowest BCUT2D eigenvalue weighted by atomic mass is 10.2. The van der Waals surface area contributed by atoms with Gasteiger partial charge in [-0.2, -0.15) is 4.98 Å². The van der Waals surface area contributed by atoms with Crippen LogP contribution in [0.5, 0.6) is 0 Å². The lowest BCUT2D eigenvalue weighted by Gasteiger charge is -2.27. The van der Waals surface area contributed by atoms with Gasteiger partial charge in [-0.25, -0.2) is 9.99 Å². The molecule has 0 amide bonds. The number of hydrazine groups is 1. The molecule has 0 aliphatic carbocycles. The Kier molecular flexibility index (Phi) is 5.01. The van der Waals surface area contributed by atoms with Crippen LogP contribution in [-0.4, -0.2) is 34.6 Å². The highest BCUT2D eigenvalue weighted by Gasteiger charge is 2.12. The molecule has 100 valence electrons. The largest absolute Gasteiger partial charge is 0.354 e. The summed E-state index contributed by atoms with van der Waals surface area (Å²) in [4.78, 5) is 8.55. The Morgan fingerprint density at radius 1 is 1.33 bits per heavy atom. The van der Waals surface area contributed by atoms with Gasteiger partial charge in [-0.15, -0.1) is 0 Å². The molecule has 2 N–H and O–H groups in total. The molecule has 0 spiro atoms. The van der Waals surface area contributed by atoms with E-state index in [4.69, 9.17) is 11.6 Å². The average molecular weight is 270 g/mol. The van der Waals surface area contributed by atoms with E-state index in [1.54, 1.807) is 6.20 Å². The molecule has 1 saturated heterocycles. The number of aromatic nitrogens is 2. The Hall–Kier alpha value is -1.07. The van der Waals surface area contributed by atoms with Crippen molar-refractivity contribution in [3.63, 3.8) is 0 Å². The molecule has 5 nitrogen and oxygen atoms in total. The van der Waals surface area contributed by atoms with Gasteiger partial charge in [0.2, 0.25) is 5.95 Å². The number of rotatable bonds is 5. The van der Waals surface area contributed by atoms with Crippen molar-refractivity contribution in [3.8, 4) is 0 Å². The van der Waals surface area contributed by atoms with Gasteiger partial charge >= 0.3 is 0 Å². The second kappa shape index (κ2) is 6.75. The predicted octanol–water partition coefficient (Wildman–Crippen LogP) is 2.76. The van der Waals surface area contributed by atoms with Crippen LogP contribution >= 0.6 is 11.6 Å². The van der Waals surface area contributed by atoms with Crippen LogP contribution in [0.3, 0.4) is 0 Å². The van der Waals surface area contributed by atoms with E-state index in [9.17, 15) is 0 Å². The minimum Gasteiger partial charge on any atom is -0.354 e. The normalized spacial score (nSPS) is 16.6. The number of hydrogen-bond acceptors (Lipinski definition) is 5. The molecule has 1 aliphatic rings. The van der Waals surface area contributed by atoms with Gasteiger partial charge in [0.1, 0.15) is 5.02 Å². The van der Waals surface area contributed by atoms with Crippen LogP contribution in [0.25, 0.3) is 0 Å². The standard InChI is InChI=1S/C12H20ClN5/c1-2-6-14-12-15-9-10(13)11(16-12)17-18-7-4-3-5-8-18/h9H,2-8H2,1H3,(H2,14,15,16,17). The van der Waals surface area contributed by atoms with E-state index < -0.39 is 0 Å². The summed E-state index contributed by atoms with van der Waals surface area (Å²) < 4.78 is 0. The van der Waals surface area contributed by atoms with Crippen LogP contribution in [0.1, 0.15) is 32.6 Å². The molecule has 0 bridgehead atoms. The lowest BCUT2D eigenvalue weighted by Crippen LogP contribution is -2.35. The summed E-state index contributed by atoms with van der Waals surface area (Å²) in [5, 5.41) is 5.89. The van der Waals surface area contributed by atoms with Gasteiger partial charge in [0, 0.05) is 19.6 Å². The van der Waals surface area contributed by atoms with E-state index in [1.165, 1.54) is 19.3 Å². The maximum absolute atomic E-state index is 6.11. The van der Waals surface area contributed by atoms with Crippen molar-refractivity contribution in [2.75, 3.05) is 30.4 Å². The van der Waals surface area contributed by atoms with E-state index in [0.717, 1.165) is 26.1 Å². The number of nitrogens with one attached hydrogen (secondary N) is 2. The Morgan fingerprint density at radius 3 is 2.83 bits per heavy atom. The first-order chi connectivity index (χ1) is 8.79. The number of hydrogen-bond donors (Lipinski definition) is 2. The Morgan fingerprint density at radius 2 is 2.11 bits per heavy atom. The first kappa shape index (κ1) is 13.4. The second-order valence-corrected chi connectivity index (χ2v) is 4.88. The molecule has 0 aromatic carbocycles. The third-order valence-corrected chi connectivity index (χ3v) is 3.17. The fourth-order valence-corrected chi connectivity index (χ4v) is 2.06. The third kappa shape index (κ3) is 3.71. The van der Waals surface area contributed by atoms with Crippen LogP contribution in [0.2, 0.25) is 5.02 Å². The quantitative estimate of drug-likeness (QED) is 0.861. The van der Waals surface area contributed by atoms with E-state index >= 15 is 0 Å². The molecule has 18 heavy (non-hydrogen) atoms. The summed E-state index contributed by atoms with van der Waals surface area (Å²) in [6, 6.07) is 0. The molecule has 0 unspecified atom stereocenters. The summed E-state index contributed by atoms with van der Waals surface area (Å²) in [6.45, 7) is 5.05. The number of piperidine rings is 1. The van der Waals surface area contributed by atoms with Crippen molar-refractivity contribution in [1.82, 2.24) is 15.0 Å². The van der Waals surface area contributed by atoms with Gasteiger partial charge in [0.15, 0.2) is 5.82 Å². The predicted molar refractivity (Wildman–Crippen MR) is 74.9 cm³/mol. The molecule has 0 radical (unpaired) electrons. The molecule has 6 heteroatoms. The summed E-state index contributed by atoms with van der Waals surface area (Å²) in [5.41, 5.74) is 3.28. The van der Waals surface area contributed by atoms with Crippen molar-refractivity contribution in [2.45, 2.75) is 32.6 Å². The van der Waals surface area contributed by atoms with Crippen molar-refractivity contribution < 1.29 is 0 Å². The minimum atomic E-state index is 0.558. The topological polar surface area (TPSA) is 53.1 Å². The molecule has 0 saturated carbocycles. The zero-order chi connectivity index (χ0) is 12.8. The zero-order valence-corrected chi connectivity index (χ0v) is 11.5. The van der Waals surface area contributed by atoms with Crippen molar-refractivity contribution in [1.29, 1.82) is 0 Å². The molecule has 0 atom stereocenters. The second-order valence-electron chi connectivity index (χ2n) is 4.48. The fourth-order valence-electron chi connectivity index (χ4n) is 1.92. The van der Waals surface area contributed by atoms with E-state index in [0.29, 0.717) is 16.8 Å². The number of anilines is 2. The average Bonchev–Trinajstić information content (AvgIpc) is 2.41. The molecular weight excluding hydrogens is 250 g/mol. The fraction of sp³-hybridized carbons (Fsp3) is 0.667. The highest BCUT2D eigenvalue weighted by Crippen LogP contribution is 2.21. The molecular formula is C12H20ClN5. The molecule has 1 aromatic heterocycles. The lowest BCUT2D eigenvalue weighted by molar-refractivity contribution is 0.272. The van der Waals surface area contributed by atoms with Gasteiger partial charge in [0.25, 0.3) is 0 Å². The van der Waals surface area contributed by atoms with Crippen LogP contribution in [-0.2, 0) is 0 Å². The van der Waals surface area contributed by atoms with Gasteiger partial charge in [-0.3, -0.25) is 0 Å². The molecule has 1 aliphatic heterocycles. The summed E-state index contributed by atoms with van der Waals surface area (Å²) >= 11 is 6.11. The van der Waals surface area contributed by atoms with Crippen LogP contribution < -0.4 is 10.7 Å². The van der Waals surface area contributed by atoms with Crippen molar-refractivity contribution >= 4 is 23.4 Å². The number of halogens is 1. The smallest absolute Gasteiger partial charge is 0.224 e. The third-order valence-electron chi connectivity index (χ3n) is 2.90. The maximum Gasteiger partial charge on any atom is 0.224 e. The Balaban J connectivity index is 2.00. The van der Waals surface area contributed by atoms with Gasteiger partial charge in [0.05, 0.1) is 6.20 Å².